The molecule has 0 aromatic rings. The van der Waals surface area contributed by atoms with E-state index in [1.165, 1.54) is 89.9 Å². The largest absolute Gasteiger partial charge is 0.472 e. The summed E-state index contributed by atoms with van der Waals surface area (Å²) in [6.07, 6.45) is 48.3. The molecule has 0 bridgehead atoms. The van der Waals surface area contributed by atoms with Gasteiger partial charge in [0.15, 0.2) is 6.10 Å². The van der Waals surface area contributed by atoms with E-state index < -0.39 is 32.5 Å². The van der Waals surface area contributed by atoms with Gasteiger partial charge >= 0.3 is 19.8 Å². The number of phosphoric ester groups is 1. The first-order valence-electron chi connectivity index (χ1n) is 21.8. The summed E-state index contributed by atoms with van der Waals surface area (Å²) in [4.78, 5) is 34.8. The maximum absolute atomic E-state index is 12.6. The molecule has 318 valence electrons. The molecule has 0 aromatic carbocycles. The van der Waals surface area contributed by atoms with Crippen LogP contribution >= 0.6 is 7.82 Å². The molecule has 0 saturated heterocycles. The van der Waals surface area contributed by atoms with E-state index in [-0.39, 0.29) is 32.6 Å². The third-order valence-corrected chi connectivity index (χ3v) is 9.86. The number of hydrogen-bond acceptors (Lipinski definition) is 8. The number of carbonyl (C=O) groups excluding carboxylic acids is 2. The number of nitrogens with two attached hydrogens (primary N) is 1. The zero-order valence-corrected chi connectivity index (χ0v) is 35.8. The van der Waals surface area contributed by atoms with Crippen molar-refractivity contribution in [3.8, 4) is 0 Å². The number of ether oxygens (including phenoxy) is 2. The van der Waals surface area contributed by atoms with Gasteiger partial charge in [-0.05, 0) is 77.0 Å². The standard InChI is InChI=1S/C45H80NO8P/c1-3-5-7-9-11-13-15-17-19-21-23-25-27-29-31-33-35-37-44(47)51-41-43(42-53-55(49,50)52-40-39-46)54-45(48)38-36-34-32-30-28-26-24-22-20-18-16-14-12-10-8-6-4-2/h12,14,17-20,24,26,30,32,43H,3-11,13,15-16,21-23,25,27-29,31,33-42,46H2,1-2H3,(H,49,50). The van der Waals surface area contributed by atoms with Crippen molar-refractivity contribution in [2.45, 2.75) is 187 Å². The van der Waals surface area contributed by atoms with Crippen LogP contribution < -0.4 is 5.73 Å². The van der Waals surface area contributed by atoms with Crippen molar-refractivity contribution in [3.05, 3.63) is 60.8 Å². The van der Waals surface area contributed by atoms with Gasteiger partial charge in [-0.1, -0.05) is 152 Å². The third-order valence-electron chi connectivity index (χ3n) is 8.88. The van der Waals surface area contributed by atoms with Crippen LogP contribution in [0.3, 0.4) is 0 Å². The topological polar surface area (TPSA) is 134 Å². The molecule has 2 unspecified atom stereocenters. The first kappa shape index (κ1) is 52.7. The number of allylic oxidation sites excluding steroid dienone is 10. The van der Waals surface area contributed by atoms with Gasteiger partial charge in [-0.25, -0.2) is 4.57 Å². The smallest absolute Gasteiger partial charge is 0.462 e. The van der Waals surface area contributed by atoms with Crippen molar-refractivity contribution in [3.63, 3.8) is 0 Å². The Bertz CT molecular complexity index is 1090. The first-order chi connectivity index (χ1) is 26.8. The van der Waals surface area contributed by atoms with Gasteiger partial charge in [-0.15, -0.1) is 0 Å². The normalized spacial score (nSPS) is 13.9. The SMILES string of the molecule is CCCCCC=CCC=CCC=CCC=CCCCC(=O)OC(COC(=O)CCCCCCCCCC=CCCCCCCCC)COP(=O)(O)OCCN. The van der Waals surface area contributed by atoms with Crippen molar-refractivity contribution >= 4 is 19.8 Å². The Balaban J connectivity index is 4.26. The molecule has 0 rings (SSSR count). The quantitative estimate of drug-likeness (QED) is 0.0269. The minimum atomic E-state index is -4.39. The van der Waals surface area contributed by atoms with Crippen LogP contribution in [0.25, 0.3) is 0 Å². The summed E-state index contributed by atoms with van der Waals surface area (Å²) >= 11 is 0. The maximum Gasteiger partial charge on any atom is 0.472 e. The summed E-state index contributed by atoms with van der Waals surface area (Å²) in [5.41, 5.74) is 5.34. The Hall–Kier alpha value is -2.29. The Kier molecular flexibility index (Phi) is 39.6. The molecule has 0 aliphatic carbocycles. The lowest BCUT2D eigenvalue weighted by Gasteiger charge is -2.19. The minimum absolute atomic E-state index is 0.0420. The van der Waals surface area contributed by atoms with Gasteiger partial charge in [0.25, 0.3) is 0 Å². The Morgan fingerprint density at radius 3 is 1.51 bits per heavy atom. The molecule has 0 aliphatic heterocycles. The van der Waals surface area contributed by atoms with Gasteiger partial charge in [0.05, 0.1) is 13.2 Å². The number of unbranched alkanes of at least 4 members (excludes halogenated alkanes) is 17. The highest BCUT2D eigenvalue weighted by Gasteiger charge is 2.25. The lowest BCUT2D eigenvalue weighted by atomic mass is 10.1. The third kappa shape index (κ3) is 41.2. The van der Waals surface area contributed by atoms with Crippen molar-refractivity contribution in [2.75, 3.05) is 26.4 Å². The average Bonchev–Trinajstić information content (AvgIpc) is 3.17. The summed E-state index contributed by atoms with van der Waals surface area (Å²) in [6, 6.07) is 0. The van der Waals surface area contributed by atoms with E-state index in [0.717, 1.165) is 51.4 Å². The minimum Gasteiger partial charge on any atom is -0.462 e. The van der Waals surface area contributed by atoms with Gasteiger partial charge < -0.3 is 20.1 Å². The fraction of sp³-hybridized carbons (Fsp3) is 0.733. The van der Waals surface area contributed by atoms with Crippen LogP contribution in [0.2, 0.25) is 0 Å². The highest BCUT2D eigenvalue weighted by Crippen LogP contribution is 2.43. The van der Waals surface area contributed by atoms with Crippen molar-refractivity contribution in [2.24, 2.45) is 5.73 Å². The van der Waals surface area contributed by atoms with Gasteiger partial charge in [0.1, 0.15) is 6.61 Å². The van der Waals surface area contributed by atoms with Crippen molar-refractivity contribution in [1.29, 1.82) is 0 Å². The van der Waals surface area contributed by atoms with Gasteiger partial charge in [-0.2, -0.15) is 0 Å². The van der Waals surface area contributed by atoms with Crippen LogP contribution in [0.1, 0.15) is 181 Å². The molecule has 2 atom stereocenters. The lowest BCUT2D eigenvalue weighted by Crippen LogP contribution is -2.29. The second-order valence-corrected chi connectivity index (χ2v) is 15.7. The van der Waals surface area contributed by atoms with Gasteiger partial charge in [0.2, 0.25) is 0 Å². The monoisotopic (exact) mass is 794 g/mol. The molecule has 55 heavy (non-hydrogen) atoms. The summed E-state index contributed by atoms with van der Waals surface area (Å²) in [5, 5.41) is 0. The molecule has 0 amide bonds. The predicted molar refractivity (Wildman–Crippen MR) is 229 cm³/mol. The van der Waals surface area contributed by atoms with E-state index in [1.54, 1.807) is 0 Å². The number of carbonyl (C=O) groups is 2. The van der Waals surface area contributed by atoms with Crippen LogP contribution in [-0.4, -0.2) is 49.3 Å². The van der Waals surface area contributed by atoms with E-state index in [0.29, 0.717) is 12.8 Å². The fourth-order valence-electron chi connectivity index (χ4n) is 5.62. The van der Waals surface area contributed by atoms with E-state index in [9.17, 15) is 19.0 Å². The van der Waals surface area contributed by atoms with Crippen molar-refractivity contribution < 1.29 is 37.6 Å². The number of hydrogen-bond donors (Lipinski definition) is 2. The average molecular weight is 794 g/mol. The highest BCUT2D eigenvalue weighted by molar-refractivity contribution is 7.47. The summed E-state index contributed by atoms with van der Waals surface area (Å²) in [7, 11) is -4.39. The number of phosphoric acid groups is 1. The van der Waals surface area contributed by atoms with E-state index in [1.807, 2.05) is 6.08 Å². The molecule has 9 nitrogen and oxygen atoms in total. The fourth-order valence-corrected chi connectivity index (χ4v) is 6.39. The number of esters is 2. The van der Waals surface area contributed by atoms with E-state index in [2.05, 4.69) is 68.5 Å². The molecular formula is C45H80NO8P. The zero-order chi connectivity index (χ0) is 40.3. The Morgan fingerprint density at radius 1 is 0.545 bits per heavy atom. The molecule has 3 N–H and O–H groups in total. The Morgan fingerprint density at radius 2 is 0.964 bits per heavy atom. The molecule has 0 radical (unpaired) electrons. The summed E-state index contributed by atoms with van der Waals surface area (Å²) in [5.74, 6) is -0.902. The van der Waals surface area contributed by atoms with Crippen LogP contribution in [0.15, 0.2) is 60.8 Å². The first-order valence-corrected chi connectivity index (χ1v) is 23.3. The number of rotatable bonds is 40. The zero-order valence-electron chi connectivity index (χ0n) is 34.9. The molecule has 10 heteroatoms. The second kappa shape index (κ2) is 41.3. The molecule has 0 aromatic heterocycles. The highest BCUT2D eigenvalue weighted by atomic mass is 31.2. The molecular weight excluding hydrogens is 713 g/mol. The lowest BCUT2D eigenvalue weighted by molar-refractivity contribution is -0.161. The van der Waals surface area contributed by atoms with Crippen LogP contribution in [0.4, 0.5) is 0 Å². The van der Waals surface area contributed by atoms with Crippen molar-refractivity contribution in [1.82, 2.24) is 0 Å². The van der Waals surface area contributed by atoms with Crippen LogP contribution in [0.5, 0.6) is 0 Å². The maximum atomic E-state index is 12.6. The second-order valence-electron chi connectivity index (χ2n) is 14.2. The molecule has 0 saturated carbocycles. The molecule has 0 spiro atoms. The van der Waals surface area contributed by atoms with E-state index >= 15 is 0 Å². The van der Waals surface area contributed by atoms with Gasteiger partial charge in [0, 0.05) is 19.4 Å². The van der Waals surface area contributed by atoms with E-state index in [4.69, 9.17) is 24.3 Å². The van der Waals surface area contributed by atoms with Crippen LogP contribution in [0, 0.1) is 0 Å². The predicted octanol–water partition coefficient (Wildman–Crippen LogP) is 12.5. The molecule has 0 fully saturated rings. The Labute approximate surface area is 336 Å². The van der Waals surface area contributed by atoms with Gasteiger partial charge in [-0.3, -0.25) is 18.6 Å². The summed E-state index contributed by atoms with van der Waals surface area (Å²) < 4.78 is 32.7. The van der Waals surface area contributed by atoms with Crippen LogP contribution in [-0.2, 0) is 32.7 Å². The molecule has 0 aliphatic rings. The summed E-state index contributed by atoms with van der Waals surface area (Å²) in [6.45, 7) is 3.62. The molecule has 0 heterocycles.